The Balaban J connectivity index is 2.28. The van der Waals surface area contributed by atoms with Crippen LogP contribution in [-0.2, 0) is 6.54 Å². The molecule has 0 saturated carbocycles. The quantitative estimate of drug-likeness (QED) is 0.848. The summed E-state index contributed by atoms with van der Waals surface area (Å²) in [4.78, 5) is 13.0. The predicted octanol–water partition coefficient (Wildman–Crippen LogP) is 3.26. The van der Waals surface area contributed by atoms with Crippen molar-refractivity contribution in [2.45, 2.75) is 6.54 Å². The Hall–Kier alpha value is -2.20. The van der Waals surface area contributed by atoms with Crippen molar-refractivity contribution in [2.75, 3.05) is 17.7 Å². The third-order valence-electron chi connectivity index (χ3n) is 3.03. The van der Waals surface area contributed by atoms with Gasteiger partial charge in [0, 0.05) is 18.6 Å². The highest BCUT2D eigenvalue weighted by molar-refractivity contribution is 6.30. The first-order chi connectivity index (χ1) is 9.49. The average molecular weight is 291 g/mol. The Kier molecular flexibility index (Phi) is 4.15. The van der Waals surface area contributed by atoms with Crippen LogP contribution in [0.1, 0.15) is 15.9 Å². The lowest BCUT2D eigenvalue weighted by Gasteiger charge is -2.22. The van der Waals surface area contributed by atoms with Crippen LogP contribution in [-0.4, -0.2) is 18.1 Å². The number of nitrogens with zero attached hydrogens (tertiary/aromatic N) is 1. The summed E-state index contributed by atoms with van der Waals surface area (Å²) in [6, 6.07) is 12.5. The lowest BCUT2D eigenvalue weighted by atomic mass is 10.1. The number of anilines is 2. The molecule has 104 valence electrons. The smallest absolute Gasteiger partial charge is 0.337 e. The number of hydrogen-bond donors (Lipinski definition) is 2. The van der Waals surface area contributed by atoms with Gasteiger partial charge in [0.15, 0.2) is 0 Å². The van der Waals surface area contributed by atoms with Gasteiger partial charge in [-0.05, 0) is 29.8 Å². The minimum atomic E-state index is -1.03. The van der Waals surface area contributed by atoms with Crippen LogP contribution in [0.3, 0.4) is 0 Å². The van der Waals surface area contributed by atoms with E-state index in [2.05, 4.69) is 0 Å². The zero-order valence-electron chi connectivity index (χ0n) is 11.0. The molecular formula is C15H15ClN2O2. The molecule has 5 heteroatoms. The van der Waals surface area contributed by atoms with Crippen molar-refractivity contribution < 1.29 is 9.90 Å². The number of nitrogens with two attached hydrogens (primary N) is 1. The van der Waals surface area contributed by atoms with E-state index in [1.54, 1.807) is 12.1 Å². The summed E-state index contributed by atoms with van der Waals surface area (Å²) in [7, 11) is 1.86. The molecule has 0 heterocycles. The van der Waals surface area contributed by atoms with Crippen LogP contribution in [0.2, 0.25) is 5.02 Å². The highest BCUT2D eigenvalue weighted by Crippen LogP contribution is 2.27. The third-order valence-corrected chi connectivity index (χ3v) is 3.27. The molecule has 0 fully saturated rings. The molecule has 0 aliphatic heterocycles. The molecule has 2 rings (SSSR count). The molecule has 2 aromatic carbocycles. The van der Waals surface area contributed by atoms with Gasteiger partial charge in [-0.25, -0.2) is 4.79 Å². The topological polar surface area (TPSA) is 66.6 Å². The summed E-state index contributed by atoms with van der Waals surface area (Å²) >= 11 is 5.95. The molecule has 2 aromatic rings. The maximum Gasteiger partial charge on any atom is 0.337 e. The molecule has 0 atom stereocenters. The van der Waals surface area contributed by atoms with Gasteiger partial charge in [0.2, 0.25) is 0 Å². The lowest BCUT2D eigenvalue weighted by molar-refractivity contribution is 0.0698. The highest BCUT2D eigenvalue weighted by Gasteiger charge is 2.13. The van der Waals surface area contributed by atoms with Crippen molar-refractivity contribution in [1.29, 1.82) is 0 Å². The van der Waals surface area contributed by atoms with Crippen LogP contribution in [0, 0.1) is 0 Å². The number of carboxylic acid groups (broad SMARTS) is 1. The monoisotopic (exact) mass is 290 g/mol. The Morgan fingerprint density at radius 2 is 2.00 bits per heavy atom. The van der Waals surface area contributed by atoms with Crippen LogP contribution < -0.4 is 10.6 Å². The van der Waals surface area contributed by atoms with Gasteiger partial charge in [0.1, 0.15) is 0 Å². The van der Waals surface area contributed by atoms with Gasteiger partial charge >= 0.3 is 5.97 Å². The lowest BCUT2D eigenvalue weighted by Crippen LogP contribution is -2.19. The molecule has 20 heavy (non-hydrogen) atoms. The summed E-state index contributed by atoms with van der Waals surface area (Å²) in [5, 5.41) is 9.75. The largest absolute Gasteiger partial charge is 0.478 e. The molecule has 4 nitrogen and oxygen atoms in total. The van der Waals surface area contributed by atoms with E-state index >= 15 is 0 Å². The summed E-state index contributed by atoms with van der Waals surface area (Å²) in [5.74, 6) is -1.03. The van der Waals surface area contributed by atoms with Crippen molar-refractivity contribution in [2.24, 2.45) is 0 Å². The van der Waals surface area contributed by atoms with Gasteiger partial charge < -0.3 is 15.7 Å². The van der Waals surface area contributed by atoms with E-state index < -0.39 is 5.97 Å². The molecule has 0 unspecified atom stereocenters. The minimum absolute atomic E-state index is 0.112. The zero-order chi connectivity index (χ0) is 14.7. The summed E-state index contributed by atoms with van der Waals surface area (Å²) in [6.07, 6.45) is 0. The fourth-order valence-corrected chi connectivity index (χ4v) is 2.28. The van der Waals surface area contributed by atoms with Crippen molar-refractivity contribution in [3.05, 3.63) is 58.6 Å². The standard InChI is InChI=1S/C15H15ClN2O2/c1-18(9-10-4-2-5-11(16)8-10)13-7-3-6-12(14(13)17)15(19)20/h2-8H,9,17H2,1H3,(H,19,20). The second kappa shape index (κ2) is 5.84. The maximum absolute atomic E-state index is 11.1. The van der Waals surface area contributed by atoms with Crippen LogP contribution in [0.25, 0.3) is 0 Å². The van der Waals surface area contributed by atoms with E-state index in [-0.39, 0.29) is 11.3 Å². The van der Waals surface area contributed by atoms with Crippen LogP contribution in [0.4, 0.5) is 11.4 Å². The Labute approximate surface area is 122 Å². The number of carboxylic acids is 1. The summed E-state index contributed by atoms with van der Waals surface area (Å²) in [6.45, 7) is 0.591. The molecule has 0 bridgehead atoms. The number of benzene rings is 2. The molecule has 0 amide bonds. The van der Waals surface area contributed by atoms with Crippen molar-refractivity contribution >= 4 is 28.9 Å². The van der Waals surface area contributed by atoms with Crippen LogP contribution in [0.15, 0.2) is 42.5 Å². The Morgan fingerprint density at radius 1 is 1.30 bits per heavy atom. The van der Waals surface area contributed by atoms with E-state index in [4.69, 9.17) is 22.4 Å². The molecule has 3 N–H and O–H groups in total. The first kappa shape index (κ1) is 14.2. The molecule has 0 aromatic heterocycles. The van der Waals surface area contributed by atoms with E-state index in [9.17, 15) is 4.79 Å². The fraction of sp³-hybridized carbons (Fsp3) is 0.133. The first-order valence-corrected chi connectivity index (χ1v) is 6.44. The van der Waals surface area contributed by atoms with Gasteiger partial charge in [-0.1, -0.05) is 29.8 Å². The van der Waals surface area contributed by atoms with Gasteiger partial charge in [0.05, 0.1) is 16.9 Å². The minimum Gasteiger partial charge on any atom is -0.478 e. The number of rotatable bonds is 4. The highest BCUT2D eigenvalue weighted by atomic mass is 35.5. The zero-order valence-corrected chi connectivity index (χ0v) is 11.8. The van der Waals surface area contributed by atoms with E-state index in [1.807, 2.05) is 36.2 Å². The fourth-order valence-electron chi connectivity index (χ4n) is 2.07. The second-order valence-corrected chi connectivity index (χ2v) is 4.97. The summed E-state index contributed by atoms with van der Waals surface area (Å²) in [5.41, 5.74) is 8.01. The number of carbonyl (C=O) groups is 1. The van der Waals surface area contributed by atoms with Gasteiger partial charge in [-0.3, -0.25) is 0 Å². The van der Waals surface area contributed by atoms with Gasteiger partial charge in [-0.2, -0.15) is 0 Å². The second-order valence-electron chi connectivity index (χ2n) is 4.53. The molecule has 0 aliphatic rings. The first-order valence-electron chi connectivity index (χ1n) is 6.06. The van der Waals surface area contributed by atoms with Crippen LogP contribution in [0.5, 0.6) is 0 Å². The number of halogens is 1. The normalized spacial score (nSPS) is 10.3. The number of para-hydroxylation sites is 1. The SMILES string of the molecule is CN(Cc1cccc(Cl)c1)c1cccc(C(=O)O)c1N. The van der Waals surface area contributed by atoms with Crippen molar-refractivity contribution in [3.8, 4) is 0 Å². The molecule has 0 radical (unpaired) electrons. The molecule has 0 aliphatic carbocycles. The van der Waals surface area contributed by atoms with E-state index in [0.29, 0.717) is 17.3 Å². The summed E-state index contributed by atoms with van der Waals surface area (Å²) < 4.78 is 0. The molecule has 0 spiro atoms. The van der Waals surface area contributed by atoms with Gasteiger partial charge in [-0.15, -0.1) is 0 Å². The number of hydrogen-bond acceptors (Lipinski definition) is 3. The van der Waals surface area contributed by atoms with E-state index in [0.717, 1.165) is 5.56 Å². The predicted molar refractivity (Wildman–Crippen MR) is 81.4 cm³/mol. The Morgan fingerprint density at radius 3 is 2.65 bits per heavy atom. The van der Waals surface area contributed by atoms with Gasteiger partial charge in [0.25, 0.3) is 0 Å². The average Bonchev–Trinajstić information content (AvgIpc) is 2.38. The third kappa shape index (κ3) is 3.03. The maximum atomic E-state index is 11.1. The van der Waals surface area contributed by atoms with Crippen LogP contribution >= 0.6 is 11.6 Å². The van der Waals surface area contributed by atoms with Crippen molar-refractivity contribution in [1.82, 2.24) is 0 Å². The molecular weight excluding hydrogens is 276 g/mol. The number of aromatic carboxylic acids is 1. The Bertz CT molecular complexity index is 644. The number of nitrogen functional groups attached to an aromatic ring is 1. The molecule has 0 saturated heterocycles. The van der Waals surface area contributed by atoms with E-state index in [1.165, 1.54) is 6.07 Å². The van der Waals surface area contributed by atoms with Crippen molar-refractivity contribution in [3.63, 3.8) is 0 Å².